The molecule has 0 aliphatic carbocycles. The molecular formula is C37H45N3O5. The number of aliphatic imine (C=N–C) groups is 1. The van der Waals surface area contributed by atoms with E-state index in [9.17, 15) is 9.59 Å². The van der Waals surface area contributed by atoms with Crippen molar-refractivity contribution in [3.63, 3.8) is 0 Å². The Morgan fingerprint density at radius 1 is 1.00 bits per heavy atom. The number of carbonyl (C=O) groups is 2. The van der Waals surface area contributed by atoms with Crippen LogP contribution in [-0.4, -0.2) is 86.0 Å². The zero-order valence-corrected chi connectivity index (χ0v) is 27.3. The maximum atomic E-state index is 13.8. The quantitative estimate of drug-likeness (QED) is 0.240. The molecule has 1 amide bonds. The van der Waals surface area contributed by atoms with Crippen molar-refractivity contribution in [2.24, 2.45) is 4.99 Å². The number of nitrogens with zero attached hydrogens (tertiary/aromatic N) is 3. The van der Waals surface area contributed by atoms with E-state index in [1.165, 1.54) is 5.56 Å². The number of carbonyl (C=O) groups excluding carboxylic acids is 2. The third-order valence-electron chi connectivity index (χ3n) is 8.81. The second kappa shape index (κ2) is 14.3. The molecule has 1 saturated heterocycles. The maximum absolute atomic E-state index is 13.8. The van der Waals surface area contributed by atoms with Gasteiger partial charge < -0.3 is 24.0 Å². The summed E-state index contributed by atoms with van der Waals surface area (Å²) in [4.78, 5) is 35.7. The molecule has 0 bridgehead atoms. The molecule has 5 rings (SSSR count). The number of amides is 1. The molecule has 3 aromatic carbocycles. The topological polar surface area (TPSA) is 80.7 Å². The molecular weight excluding hydrogens is 566 g/mol. The molecule has 0 radical (unpaired) electrons. The standard InChI is InChI=1S/C37H45N3O5/c1-7-44-34-21-29-30(22-33(34)43-6)35(38-32-17-19-39(5)23-31(29)32)26-13-15-27(16-14-26)36(41)40(24(2)3)25(4)18-20-45-37(42)28-11-9-8-10-12-28/h8-16,21-22,24-25,31-32H,7,17-20,23H2,1-6H3/t25-,31-,32-/m1/s1. The van der Waals surface area contributed by atoms with Crippen LogP contribution in [0.15, 0.2) is 71.7 Å². The number of hydrogen-bond acceptors (Lipinski definition) is 7. The van der Waals surface area contributed by atoms with E-state index in [0.29, 0.717) is 29.9 Å². The maximum Gasteiger partial charge on any atom is 0.338 e. The molecule has 0 N–H and O–H groups in total. The van der Waals surface area contributed by atoms with E-state index < -0.39 is 0 Å². The van der Waals surface area contributed by atoms with Crippen LogP contribution in [0.4, 0.5) is 0 Å². The summed E-state index contributed by atoms with van der Waals surface area (Å²) in [6.07, 6.45) is 1.52. The average Bonchev–Trinajstić information content (AvgIpc) is 3.04. The Kier molecular flexibility index (Phi) is 10.2. The molecule has 2 aliphatic rings. The first-order valence-corrected chi connectivity index (χ1v) is 16.0. The number of methoxy groups -OCH3 is 1. The van der Waals surface area contributed by atoms with E-state index >= 15 is 0 Å². The van der Waals surface area contributed by atoms with Crippen molar-refractivity contribution >= 4 is 17.6 Å². The van der Waals surface area contributed by atoms with Crippen LogP contribution in [0.5, 0.6) is 11.5 Å². The summed E-state index contributed by atoms with van der Waals surface area (Å²) >= 11 is 0. The summed E-state index contributed by atoms with van der Waals surface area (Å²) in [5, 5.41) is 0. The lowest BCUT2D eigenvalue weighted by Crippen LogP contribution is -2.44. The van der Waals surface area contributed by atoms with Crippen LogP contribution in [0, 0.1) is 0 Å². The van der Waals surface area contributed by atoms with E-state index in [1.54, 1.807) is 19.2 Å². The lowest BCUT2D eigenvalue weighted by atomic mass is 9.79. The molecule has 0 spiro atoms. The number of benzene rings is 3. The predicted molar refractivity (Wildman–Crippen MR) is 177 cm³/mol. The Labute approximate surface area is 267 Å². The van der Waals surface area contributed by atoms with Gasteiger partial charge in [-0.3, -0.25) is 9.79 Å². The lowest BCUT2D eigenvalue weighted by molar-refractivity contribution is 0.0430. The first-order chi connectivity index (χ1) is 21.7. The van der Waals surface area contributed by atoms with E-state index in [-0.39, 0.29) is 42.5 Å². The number of fused-ring (bicyclic) bond motifs is 3. The van der Waals surface area contributed by atoms with Gasteiger partial charge in [0, 0.05) is 47.7 Å². The summed E-state index contributed by atoms with van der Waals surface area (Å²) in [6.45, 7) is 10.7. The minimum Gasteiger partial charge on any atom is -0.493 e. The highest BCUT2D eigenvalue weighted by molar-refractivity contribution is 6.15. The van der Waals surface area contributed by atoms with E-state index in [2.05, 4.69) is 24.1 Å². The van der Waals surface area contributed by atoms with Gasteiger partial charge in [0.15, 0.2) is 11.5 Å². The largest absolute Gasteiger partial charge is 0.493 e. The van der Waals surface area contributed by atoms with E-state index in [1.807, 2.05) is 75.1 Å². The molecule has 0 unspecified atom stereocenters. The van der Waals surface area contributed by atoms with Gasteiger partial charge in [-0.1, -0.05) is 30.3 Å². The first kappa shape index (κ1) is 32.2. The fourth-order valence-electron chi connectivity index (χ4n) is 6.53. The van der Waals surface area contributed by atoms with Crippen LogP contribution in [-0.2, 0) is 4.74 Å². The Hall–Kier alpha value is -4.17. The van der Waals surface area contributed by atoms with Crippen molar-refractivity contribution < 1.29 is 23.8 Å². The molecule has 238 valence electrons. The highest BCUT2D eigenvalue weighted by Gasteiger charge is 2.36. The second-order valence-corrected chi connectivity index (χ2v) is 12.2. The van der Waals surface area contributed by atoms with E-state index in [4.69, 9.17) is 19.2 Å². The van der Waals surface area contributed by atoms with Gasteiger partial charge in [0.25, 0.3) is 5.91 Å². The fraction of sp³-hybridized carbons (Fsp3) is 0.432. The summed E-state index contributed by atoms with van der Waals surface area (Å²) in [6, 6.07) is 21.0. The van der Waals surface area contributed by atoms with Gasteiger partial charge in [0.05, 0.1) is 37.6 Å². The molecule has 45 heavy (non-hydrogen) atoms. The van der Waals surface area contributed by atoms with Gasteiger partial charge >= 0.3 is 5.97 Å². The SMILES string of the molecule is CCOc1cc2c(cc1OC)C(c1ccc(C(=O)N(C(C)C)[C@H](C)CCOC(=O)c3ccccc3)cc1)=N[C@@H]1CCN(C)C[C@H]21. The molecule has 0 saturated carbocycles. The molecule has 2 heterocycles. The molecule has 3 aromatic rings. The molecule has 0 aromatic heterocycles. The van der Waals surface area contributed by atoms with Crippen LogP contribution >= 0.6 is 0 Å². The Bertz CT molecular complexity index is 1520. The van der Waals surface area contributed by atoms with Crippen LogP contribution < -0.4 is 9.47 Å². The van der Waals surface area contributed by atoms with Crippen molar-refractivity contribution in [1.29, 1.82) is 0 Å². The number of piperidine rings is 1. The average molecular weight is 612 g/mol. The van der Waals surface area contributed by atoms with Gasteiger partial charge in [0.2, 0.25) is 0 Å². The second-order valence-electron chi connectivity index (χ2n) is 12.2. The molecule has 8 nitrogen and oxygen atoms in total. The number of likely N-dealkylation sites (N-methyl/N-ethyl adjacent to an activating group) is 1. The minimum atomic E-state index is -0.355. The molecule has 1 fully saturated rings. The third kappa shape index (κ3) is 7.06. The normalized spacial score (nSPS) is 18.3. The summed E-state index contributed by atoms with van der Waals surface area (Å²) < 4.78 is 17.2. The van der Waals surface area contributed by atoms with Gasteiger partial charge in [-0.15, -0.1) is 0 Å². The van der Waals surface area contributed by atoms with Gasteiger partial charge in [0.1, 0.15) is 0 Å². The summed E-state index contributed by atoms with van der Waals surface area (Å²) in [5.74, 6) is 1.31. The van der Waals surface area contributed by atoms with E-state index in [0.717, 1.165) is 42.1 Å². The highest BCUT2D eigenvalue weighted by Crippen LogP contribution is 2.42. The third-order valence-corrected chi connectivity index (χ3v) is 8.81. The lowest BCUT2D eigenvalue weighted by Gasteiger charge is -2.39. The minimum absolute atomic E-state index is 0.0278. The van der Waals surface area contributed by atoms with Crippen molar-refractivity contribution in [3.8, 4) is 11.5 Å². The predicted octanol–water partition coefficient (Wildman–Crippen LogP) is 6.22. The zero-order chi connectivity index (χ0) is 32.1. The van der Waals surface area contributed by atoms with Gasteiger partial charge in [-0.25, -0.2) is 4.79 Å². The van der Waals surface area contributed by atoms with Gasteiger partial charge in [-0.2, -0.15) is 0 Å². The smallest absolute Gasteiger partial charge is 0.338 e. The summed E-state index contributed by atoms with van der Waals surface area (Å²) in [7, 11) is 3.83. The van der Waals surface area contributed by atoms with Crippen LogP contribution in [0.1, 0.15) is 83.9 Å². The van der Waals surface area contributed by atoms with Crippen molar-refractivity contribution in [2.45, 2.75) is 64.6 Å². The number of esters is 1. The van der Waals surface area contributed by atoms with Crippen LogP contribution in [0.3, 0.4) is 0 Å². The first-order valence-electron chi connectivity index (χ1n) is 16.0. The van der Waals surface area contributed by atoms with Crippen molar-refractivity contribution in [1.82, 2.24) is 9.80 Å². The Morgan fingerprint density at radius 3 is 2.40 bits per heavy atom. The van der Waals surface area contributed by atoms with Crippen molar-refractivity contribution in [3.05, 3.63) is 94.5 Å². The zero-order valence-electron chi connectivity index (χ0n) is 27.3. The number of ether oxygens (including phenoxy) is 3. The molecule has 3 atom stereocenters. The monoisotopic (exact) mass is 611 g/mol. The number of likely N-dealkylation sites (tertiary alicyclic amines) is 1. The Morgan fingerprint density at radius 2 is 1.73 bits per heavy atom. The summed E-state index contributed by atoms with van der Waals surface area (Å²) in [5.41, 5.74) is 5.30. The van der Waals surface area contributed by atoms with Gasteiger partial charge in [-0.05, 0) is 89.7 Å². The Balaban J connectivity index is 1.35. The molecule has 2 aliphatic heterocycles. The molecule has 8 heteroatoms. The fourth-order valence-corrected chi connectivity index (χ4v) is 6.53. The van der Waals surface area contributed by atoms with Crippen LogP contribution in [0.2, 0.25) is 0 Å². The van der Waals surface area contributed by atoms with Crippen molar-refractivity contribution in [2.75, 3.05) is 40.5 Å². The van der Waals surface area contributed by atoms with Crippen LogP contribution in [0.25, 0.3) is 0 Å². The number of hydrogen-bond donors (Lipinski definition) is 0. The highest BCUT2D eigenvalue weighted by atomic mass is 16.5. The number of rotatable bonds is 11.